The van der Waals surface area contributed by atoms with Gasteiger partial charge in [0, 0.05) is 30.6 Å². The average molecular weight is 566 g/mol. The lowest BCUT2D eigenvalue weighted by Crippen LogP contribution is -2.53. The Hall–Kier alpha value is -3.14. The molecule has 0 aliphatic carbocycles. The number of amides is 2. The van der Waals surface area contributed by atoms with Crippen LogP contribution in [0.3, 0.4) is 0 Å². The van der Waals surface area contributed by atoms with Gasteiger partial charge in [0.25, 0.3) is 0 Å². The molecule has 3 rings (SSSR count). The number of hydrogen-bond donors (Lipinski definition) is 1. The number of benzene rings is 3. The molecule has 0 radical (unpaired) electrons. The molecular weight excluding hydrogens is 540 g/mol. The number of rotatable bonds is 10. The summed E-state index contributed by atoms with van der Waals surface area (Å²) in [5, 5.41) is 2.87. The van der Waals surface area contributed by atoms with Crippen LogP contribution >= 0.6 is 23.2 Å². The van der Waals surface area contributed by atoms with Crippen LogP contribution in [-0.2, 0) is 32.6 Å². The van der Waals surface area contributed by atoms with Gasteiger partial charge in [0.1, 0.15) is 18.4 Å². The van der Waals surface area contributed by atoms with Gasteiger partial charge < -0.3 is 10.2 Å². The van der Waals surface area contributed by atoms with Gasteiger partial charge in [0.15, 0.2) is 0 Å². The Bertz CT molecular complexity index is 1370. The standard InChI is InChI=1S/C26H26Cl2FN3O4S/c1-30-26(34)24(14-18-8-4-3-5-9-18)31(16-19-10-6-7-11-22(19)29)25(33)17-32(37(2,35)36)23-13-12-20(27)15-21(23)28/h3-13,15,24H,14,16-17H2,1-2H3,(H,30,34)/t24-/m0/s1. The first-order valence-corrected chi connectivity index (χ1v) is 13.8. The maximum absolute atomic E-state index is 14.6. The van der Waals surface area contributed by atoms with E-state index >= 15 is 0 Å². The van der Waals surface area contributed by atoms with Crippen LogP contribution in [-0.4, -0.2) is 51.0 Å². The van der Waals surface area contributed by atoms with Crippen molar-refractivity contribution in [2.24, 2.45) is 0 Å². The van der Waals surface area contributed by atoms with Gasteiger partial charge in [-0.3, -0.25) is 13.9 Å². The minimum Gasteiger partial charge on any atom is -0.357 e. The zero-order valence-electron chi connectivity index (χ0n) is 20.2. The van der Waals surface area contributed by atoms with E-state index < -0.39 is 40.2 Å². The van der Waals surface area contributed by atoms with Gasteiger partial charge in [-0.1, -0.05) is 71.7 Å². The van der Waals surface area contributed by atoms with Crippen molar-refractivity contribution in [3.63, 3.8) is 0 Å². The van der Waals surface area contributed by atoms with Crippen molar-refractivity contribution < 1.29 is 22.4 Å². The molecule has 0 bridgehead atoms. The Morgan fingerprint density at radius 1 is 1.00 bits per heavy atom. The Kier molecular flexibility index (Phi) is 9.53. The second-order valence-corrected chi connectivity index (χ2v) is 11.0. The highest BCUT2D eigenvalue weighted by molar-refractivity contribution is 7.92. The van der Waals surface area contributed by atoms with Crippen LogP contribution in [0.5, 0.6) is 0 Å². The highest BCUT2D eigenvalue weighted by atomic mass is 35.5. The van der Waals surface area contributed by atoms with Crippen LogP contribution in [0.4, 0.5) is 10.1 Å². The van der Waals surface area contributed by atoms with E-state index in [9.17, 15) is 22.4 Å². The van der Waals surface area contributed by atoms with Crippen LogP contribution < -0.4 is 9.62 Å². The molecule has 0 aliphatic heterocycles. The summed E-state index contributed by atoms with van der Waals surface area (Å²) in [6, 6.07) is 18.1. The lowest BCUT2D eigenvalue weighted by molar-refractivity contribution is -0.139. The molecule has 3 aromatic carbocycles. The number of hydrogen-bond acceptors (Lipinski definition) is 4. The third kappa shape index (κ3) is 7.44. The van der Waals surface area contributed by atoms with Gasteiger partial charge in [-0.05, 0) is 29.8 Å². The number of halogens is 3. The summed E-state index contributed by atoms with van der Waals surface area (Å²) < 4.78 is 40.9. The maximum Gasteiger partial charge on any atom is 0.244 e. The van der Waals surface area contributed by atoms with E-state index in [4.69, 9.17) is 23.2 Å². The molecule has 1 atom stereocenters. The van der Waals surface area contributed by atoms with E-state index in [0.717, 1.165) is 16.1 Å². The summed E-state index contributed by atoms with van der Waals surface area (Å²) >= 11 is 12.2. The molecule has 11 heteroatoms. The van der Waals surface area contributed by atoms with E-state index in [-0.39, 0.29) is 34.3 Å². The van der Waals surface area contributed by atoms with Crippen molar-refractivity contribution in [1.82, 2.24) is 10.2 Å². The third-order valence-electron chi connectivity index (χ3n) is 5.67. The maximum atomic E-state index is 14.6. The van der Waals surface area contributed by atoms with Gasteiger partial charge in [-0.2, -0.15) is 0 Å². The van der Waals surface area contributed by atoms with Crippen LogP contribution in [0.1, 0.15) is 11.1 Å². The zero-order valence-corrected chi connectivity index (χ0v) is 22.5. The first-order valence-electron chi connectivity index (χ1n) is 11.2. The minimum absolute atomic E-state index is 0.0264. The third-order valence-corrected chi connectivity index (χ3v) is 7.34. The summed E-state index contributed by atoms with van der Waals surface area (Å²) in [5.41, 5.74) is 0.990. The Morgan fingerprint density at radius 2 is 1.65 bits per heavy atom. The molecule has 1 N–H and O–H groups in total. The first kappa shape index (κ1) is 28.4. The van der Waals surface area contributed by atoms with Gasteiger partial charge in [0.05, 0.1) is 17.0 Å². The predicted octanol–water partition coefficient (Wildman–Crippen LogP) is 4.28. The number of anilines is 1. The molecule has 0 unspecified atom stereocenters. The second-order valence-electron chi connectivity index (χ2n) is 8.30. The molecule has 196 valence electrons. The van der Waals surface area contributed by atoms with Crippen LogP contribution in [0, 0.1) is 5.82 Å². The van der Waals surface area contributed by atoms with Crippen molar-refractivity contribution in [1.29, 1.82) is 0 Å². The SMILES string of the molecule is CNC(=O)[C@H](Cc1ccccc1)N(Cc1ccccc1F)C(=O)CN(c1ccc(Cl)cc1Cl)S(C)(=O)=O. The van der Waals surface area contributed by atoms with Crippen molar-refractivity contribution >= 4 is 50.7 Å². The lowest BCUT2D eigenvalue weighted by atomic mass is 10.0. The Balaban J connectivity index is 2.06. The summed E-state index contributed by atoms with van der Waals surface area (Å²) in [4.78, 5) is 28.0. The summed E-state index contributed by atoms with van der Waals surface area (Å²) in [6.07, 6.45) is 1.06. The molecule has 0 saturated heterocycles. The molecule has 0 spiro atoms. The molecule has 0 saturated carbocycles. The van der Waals surface area contributed by atoms with Crippen molar-refractivity contribution in [2.45, 2.75) is 19.0 Å². The topological polar surface area (TPSA) is 86.8 Å². The van der Waals surface area contributed by atoms with Gasteiger partial charge in [-0.15, -0.1) is 0 Å². The molecule has 0 heterocycles. The zero-order chi connectivity index (χ0) is 27.2. The van der Waals surface area contributed by atoms with Gasteiger partial charge >= 0.3 is 0 Å². The van der Waals surface area contributed by atoms with E-state index in [1.807, 2.05) is 6.07 Å². The molecule has 3 aromatic rings. The minimum atomic E-state index is -3.99. The second kappa shape index (κ2) is 12.4. The molecular formula is C26H26Cl2FN3O4S. The van der Waals surface area contributed by atoms with Crippen molar-refractivity contribution in [2.75, 3.05) is 24.2 Å². The van der Waals surface area contributed by atoms with Crippen molar-refractivity contribution in [3.05, 3.63) is 99.8 Å². The quantitative estimate of drug-likeness (QED) is 0.397. The number of sulfonamides is 1. The van der Waals surface area contributed by atoms with Crippen LogP contribution in [0.2, 0.25) is 10.0 Å². The molecule has 0 aliphatic rings. The monoisotopic (exact) mass is 565 g/mol. The van der Waals surface area contributed by atoms with E-state index in [0.29, 0.717) is 0 Å². The summed E-state index contributed by atoms with van der Waals surface area (Å²) in [6.45, 7) is -0.931. The fourth-order valence-corrected chi connectivity index (χ4v) is 5.23. The highest BCUT2D eigenvalue weighted by Gasteiger charge is 2.33. The summed E-state index contributed by atoms with van der Waals surface area (Å²) in [5.74, 6) is -1.76. The molecule has 37 heavy (non-hydrogen) atoms. The van der Waals surface area contributed by atoms with E-state index in [2.05, 4.69) is 5.32 Å². The predicted molar refractivity (Wildman–Crippen MR) is 144 cm³/mol. The fraction of sp³-hybridized carbons (Fsp3) is 0.231. The number of likely N-dealkylation sites (N-methyl/N-ethyl adjacent to an activating group) is 1. The highest BCUT2D eigenvalue weighted by Crippen LogP contribution is 2.30. The Morgan fingerprint density at radius 3 is 2.24 bits per heavy atom. The van der Waals surface area contributed by atoms with E-state index in [1.165, 1.54) is 48.3 Å². The number of nitrogens with one attached hydrogen (secondary N) is 1. The van der Waals surface area contributed by atoms with Crippen LogP contribution in [0.25, 0.3) is 0 Å². The smallest absolute Gasteiger partial charge is 0.244 e. The van der Waals surface area contributed by atoms with Crippen molar-refractivity contribution in [3.8, 4) is 0 Å². The number of nitrogens with zero attached hydrogens (tertiary/aromatic N) is 2. The van der Waals surface area contributed by atoms with Gasteiger partial charge in [-0.25, -0.2) is 12.8 Å². The number of carbonyl (C=O) groups excluding carboxylic acids is 2. The number of carbonyl (C=O) groups is 2. The largest absolute Gasteiger partial charge is 0.357 e. The van der Waals surface area contributed by atoms with Gasteiger partial charge in [0.2, 0.25) is 21.8 Å². The molecule has 0 aromatic heterocycles. The fourth-order valence-electron chi connectivity index (χ4n) is 3.81. The Labute approximate surface area is 225 Å². The van der Waals surface area contributed by atoms with Crippen LogP contribution in [0.15, 0.2) is 72.8 Å². The normalized spacial score (nSPS) is 12.0. The average Bonchev–Trinajstić information content (AvgIpc) is 2.85. The molecule has 0 fully saturated rings. The van der Waals surface area contributed by atoms with E-state index in [1.54, 1.807) is 30.3 Å². The molecule has 2 amide bonds. The lowest BCUT2D eigenvalue weighted by Gasteiger charge is -2.33. The molecule has 7 nitrogen and oxygen atoms in total. The summed E-state index contributed by atoms with van der Waals surface area (Å²) in [7, 11) is -2.56. The first-order chi connectivity index (χ1) is 17.5.